The van der Waals surface area contributed by atoms with Gasteiger partial charge >= 0.3 is 5.97 Å². The van der Waals surface area contributed by atoms with E-state index in [-0.39, 0.29) is 18.7 Å². The maximum Gasteiger partial charge on any atom is 0.309 e. The summed E-state index contributed by atoms with van der Waals surface area (Å²) in [5.74, 6) is 0.0990. The first-order valence-corrected chi connectivity index (χ1v) is 8.61. The minimum Gasteiger partial charge on any atom is -0.493 e. The lowest BCUT2D eigenvalue weighted by Gasteiger charge is -2.14. The van der Waals surface area contributed by atoms with Gasteiger partial charge in [0.25, 0.3) is 0 Å². The number of carboxylic acid groups (broad SMARTS) is 1. The molecule has 1 aromatic carbocycles. The minimum absolute atomic E-state index is 0.109. The summed E-state index contributed by atoms with van der Waals surface area (Å²) in [5, 5.41) is 13.8. The van der Waals surface area contributed by atoms with Crippen LogP contribution >= 0.6 is 11.3 Å². The molecule has 1 amide bonds. The van der Waals surface area contributed by atoms with Gasteiger partial charge in [0.2, 0.25) is 5.91 Å². The number of amides is 1. The zero-order valence-corrected chi connectivity index (χ0v) is 14.9. The van der Waals surface area contributed by atoms with Gasteiger partial charge in [-0.2, -0.15) is 0 Å². The van der Waals surface area contributed by atoms with Gasteiger partial charge < -0.3 is 19.9 Å². The second kappa shape index (κ2) is 9.03. The van der Waals surface area contributed by atoms with Crippen molar-refractivity contribution >= 4 is 23.2 Å². The zero-order chi connectivity index (χ0) is 18.2. The molecule has 8 heteroatoms. The molecule has 0 aliphatic rings. The van der Waals surface area contributed by atoms with E-state index in [9.17, 15) is 9.59 Å². The number of carbonyl (C=O) groups excluding carboxylic acids is 1. The van der Waals surface area contributed by atoms with E-state index in [0.717, 1.165) is 5.56 Å². The average Bonchev–Trinajstić information content (AvgIpc) is 3.00. The highest BCUT2D eigenvalue weighted by Gasteiger charge is 2.13. The topological polar surface area (TPSA) is 97.8 Å². The van der Waals surface area contributed by atoms with Gasteiger partial charge in [-0.15, -0.1) is 11.3 Å². The van der Waals surface area contributed by atoms with E-state index in [0.29, 0.717) is 35.4 Å². The molecule has 134 valence electrons. The number of rotatable bonds is 9. The summed E-state index contributed by atoms with van der Waals surface area (Å²) in [5.41, 5.74) is 1.28. The Hall–Kier alpha value is -2.61. The van der Waals surface area contributed by atoms with Crippen molar-refractivity contribution in [3.8, 4) is 11.5 Å². The number of thiazole rings is 1. The van der Waals surface area contributed by atoms with Crippen LogP contribution in [0.25, 0.3) is 0 Å². The fourth-order valence-electron chi connectivity index (χ4n) is 2.23. The molecule has 0 spiro atoms. The maximum absolute atomic E-state index is 12.1. The van der Waals surface area contributed by atoms with Gasteiger partial charge in [-0.3, -0.25) is 9.59 Å². The van der Waals surface area contributed by atoms with Gasteiger partial charge in [0, 0.05) is 17.5 Å². The lowest BCUT2D eigenvalue weighted by atomic mass is 10.2. The molecule has 0 saturated carbocycles. The molecule has 2 aromatic rings. The number of ether oxygens (including phenoxy) is 2. The van der Waals surface area contributed by atoms with E-state index in [4.69, 9.17) is 14.6 Å². The van der Waals surface area contributed by atoms with E-state index >= 15 is 0 Å². The molecule has 2 N–H and O–H groups in total. The third-order valence-corrected chi connectivity index (χ3v) is 4.19. The summed E-state index contributed by atoms with van der Waals surface area (Å²) < 4.78 is 10.9. The van der Waals surface area contributed by atoms with Crippen molar-refractivity contribution in [1.82, 2.24) is 10.3 Å². The fourth-order valence-corrected chi connectivity index (χ4v) is 3.02. The van der Waals surface area contributed by atoms with Gasteiger partial charge in [-0.05, 0) is 13.0 Å². The van der Waals surface area contributed by atoms with Crippen LogP contribution in [0, 0.1) is 0 Å². The van der Waals surface area contributed by atoms with Crippen LogP contribution in [-0.2, 0) is 29.0 Å². The third kappa shape index (κ3) is 5.46. The monoisotopic (exact) mass is 364 g/mol. The first-order chi connectivity index (χ1) is 12.0. The first kappa shape index (κ1) is 18.7. The number of benzene rings is 1. The molecule has 0 radical (unpaired) electrons. The SMILES string of the molecule is CCOc1c(CNC(=O)Cc2nc(CC(=O)O)cs2)cccc1OC. The Kier molecular flexibility index (Phi) is 6.76. The van der Waals surface area contributed by atoms with Crippen molar-refractivity contribution in [2.45, 2.75) is 26.3 Å². The maximum atomic E-state index is 12.1. The van der Waals surface area contributed by atoms with Crippen LogP contribution < -0.4 is 14.8 Å². The van der Waals surface area contributed by atoms with Crippen molar-refractivity contribution in [2.24, 2.45) is 0 Å². The van der Waals surface area contributed by atoms with Crippen LogP contribution in [0.4, 0.5) is 0 Å². The Bertz CT molecular complexity index is 744. The fraction of sp³-hybridized carbons (Fsp3) is 0.353. The molecule has 1 aromatic heterocycles. The summed E-state index contributed by atoms with van der Waals surface area (Å²) >= 11 is 1.28. The quantitative estimate of drug-likeness (QED) is 0.707. The van der Waals surface area contributed by atoms with E-state index in [1.807, 2.05) is 19.1 Å². The van der Waals surface area contributed by atoms with Crippen molar-refractivity contribution in [1.29, 1.82) is 0 Å². The van der Waals surface area contributed by atoms with Gasteiger partial charge in [0.05, 0.1) is 32.3 Å². The Labute approximate surface area is 149 Å². The standard InChI is InChI=1S/C17H20N2O5S/c1-3-24-17-11(5-4-6-13(17)23-2)9-18-14(20)8-15-19-12(10-25-15)7-16(21)22/h4-6,10H,3,7-9H2,1-2H3,(H,18,20)(H,21,22). The molecule has 0 bridgehead atoms. The van der Waals surface area contributed by atoms with E-state index in [1.165, 1.54) is 11.3 Å². The number of methoxy groups -OCH3 is 1. The summed E-state index contributed by atoms with van der Waals surface area (Å²) in [7, 11) is 1.57. The molecule has 0 aliphatic carbocycles. The number of para-hydroxylation sites is 1. The van der Waals surface area contributed by atoms with Gasteiger partial charge in [-0.25, -0.2) is 4.98 Å². The highest BCUT2D eigenvalue weighted by atomic mass is 32.1. The van der Waals surface area contributed by atoms with Gasteiger partial charge in [0.15, 0.2) is 11.5 Å². The van der Waals surface area contributed by atoms with Crippen molar-refractivity contribution in [2.75, 3.05) is 13.7 Å². The second-order valence-electron chi connectivity index (χ2n) is 5.14. The predicted octanol–water partition coefficient (Wildman–Crippen LogP) is 2.04. The highest BCUT2D eigenvalue weighted by Crippen LogP contribution is 2.31. The van der Waals surface area contributed by atoms with Crippen molar-refractivity contribution in [3.63, 3.8) is 0 Å². The highest BCUT2D eigenvalue weighted by molar-refractivity contribution is 7.09. The smallest absolute Gasteiger partial charge is 0.309 e. The molecule has 0 unspecified atom stereocenters. The normalized spacial score (nSPS) is 10.3. The largest absolute Gasteiger partial charge is 0.493 e. The van der Waals surface area contributed by atoms with Crippen molar-refractivity contribution in [3.05, 3.63) is 39.8 Å². The number of carboxylic acids is 1. The Morgan fingerprint density at radius 3 is 2.80 bits per heavy atom. The summed E-state index contributed by atoms with van der Waals surface area (Å²) in [4.78, 5) is 26.9. The minimum atomic E-state index is -0.942. The zero-order valence-electron chi connectivity index (χ0n) is 14.1. The predicted molar refractivity (Wildman–Crippen MR) is 93.2 cm³/mol. The Balaban J connectivity index is 1.96. The van der Waals surface area contributed by atoms with Crippen LogP contribution in [0.1, 0.15) is 23.2 Å². The summed E-state index contributed by atoms with van der Waals surface area (Å²) in [6.45, 7) is 2.68. The van der Waals surface area contributed by atoms with Crippen LogP contribution in [0.15, 0.2) is 23.6 Å². The second-order valence-corrected chi connectivity index (χ2v) is 6.08. The van der Waals surface area contributed by atoms with Crippen LogP contribution in [0.5, 0.6) is 11.5 Å². The van der Waals surface area contributed by atoms with Crippen LogP contribution in [0.2, 0.25) is 0 Å². The molecule has 25 heavy (non-hydrogen) atoms. The number of aliphatic carboxylic acids is 1. The number of hydrogen-bond acceptors (Lipinski definition) is 6. The molecule has 0 fully saturated rings. The number of nitrogens with one attached hydrogen (secondary N) is 1. The number of carbonyl (C=O) groups is 2. The Morgan fingerprint density at radius 2 is 2.12 bits per heavy atom. The molecule has 0 saturated heterocycles. The molecule has 0 atom stereocenters. The third-order valence-electron chi connectivity index (χ3n) is 3.29. The number of aromatic nitrogens is 1. The van der Waals surface area contributed by atoms with Crippen molar-refractivity contribution < 1.29 is 24.2 Å². The number of nitrogens with zero attached hydrogens (tertiary/aromatic N) is 1. The molecule has 1 heterocycles. The average molecular weight is 364 g/mol. The van der Waals surface area contributed by atoms with Gasteiger partial charge in [0.1, 0.15) is 5.01 Å². The molecule has 2 rings (SSSR count). The molecule has 0 aliphatic heterocycles. The Morgan fingerprint density at radius 1 is 1.32 bits per heavy atom. The molecular weight excluding hydrogens is 344 g/mol. The van der Waals surface area contributed by atoms with E-state index < -0.39 is 5.97 Å². The molecule has 7 nitrogen and oxygen atoms in total. The summed E-state index contributed by atoms with van der Waals surface area (Å²) in [6.07, 6.45) is -0.0299. The lowest BCUT2D eigenvalue weighted by Crippen LogP contribution is -2.25. The first-order valence-electron chi connectivity index (χ1n) is 7.74. The lowest BCUT2D eigenvalue weighted by molar-refractivity contribution is -0.136. The van der Waals surface area contributed by atoms with E-state index in [1.54, 1.807) is 18.6 Å². The van der Waals surface area contributed by atoms with Crippen LogP contribution in [0.3, 0.4) is 0 Å². The van der Waals surface area contributed by atoms with Gasteiger partial charge in [-0.1, -0.05) is 12.1 Å². The van der Waals surface area contributed by atoms with Crippen LogP contribution in [-0.4, -0.2) is 35.7 Å². The number of hydrogen-bond donors (Lipinski definition) is 2. The van der Waals surface area contributed by atoms with E-state index in [2.05, 4.69) is 10.3 Å². The summed E-state index contributed by atoms with van der Waals surface area (Å²) in [6, 6.07) is 5.50. The molecular formula is C17H20N2O5S.